The third-order valence-corrected chi connectivity index (χ3v) is 26.4. The molecule has 0 fully saturated rings. The van der Waals surface area contributed by atoms with E-state index < -0.39 is 226 Å². The number of halogens is 24. The SMILES string of the molecule is FC(F)(F)c1ccccc1P(Cc1cccc(CP(c2ccccc2C(F)(F)F)c2ccccc2C(F)(F)F)c1-c1c(CP(c2ccccc2C(F)(F)F)c2ccccc2C(F)(F)F)cccc1CP(c1ccccc1C(F)(F)F)c1ccccc1C(F)(F)F)c1ccccc1C(F)(F)F. The first-order valence-electron chi connectivity index (χ1n) is 29.4. The van der Waals surface area contributed by atoms with E-state index in [2.05, 4.69) is 0 Å². The highest BCUT2D eigenvalue weighted by atomic mass is 31.1. The van der Waals surface area contributed by atoms with Crippen LogP contribution in [0.4, 0.5) is 105 Å². The topological polar surface area (TPSA) is 0 Å². The van der Waals surface area contributed by atoms with Gasteiger partial charge in [-0.1, -0.05) is 182 Å². The normalized spacial score (nSPS) is 13.1. The summed E-state index contributed by atoms with van der Waals surface area (Å²) < 4.78 is 374. The highest BCUT2D eigenvalue weighted by Gasteiger charge is 2.46. The Kier molecular flexibility index (Phi) is 21.7. The van der Waals surface area contributed by atoms with Gasteiger partial charge in [-0.15, -0.1) is 0 Å². The van der Waals surface area contributed by atoms with Crippen molar-refractivity contribution in [1.82, 2.24) is 0 Å². The lowest BCUT2D eigenvalue weighted by molar-refractivity contribution is -0.137. The Hall–Kier alpha value is -7.76. The Morgan fingerprint density at radius 2 is 0.280 bits per heavy atom. The molecule has 0 spiro atoms. The fourth-order valence-electron chi connectivity index (χ4n) is 11.9. The molecule has 0 N–H and O–H groups in total. The van der Waals surface area contributed by atoms with Crippen LogP contribution in [0.3, 0.4) is 0 Å². The Labute approximate surface area is 559 Å². The third kappa shape index (κ3) is 16.6. The van der Waals surface area contributed by atoms with Gasteiger partial charge in [-0.05, 0) is 156 Å². The summed E-state index contributed by atoms with van der Waals surface area (Å²) in [5.41, 5.74) is -15.1. The first-order valence-corrected chi connectivity index (χ1v) is 35.5. The predicted molar refractivity (Wildman–Crippen MR) is 343 cm³/mol. The molecule has 10 aromatic carbocycles. The van der Waals surface area contributed by atoms with E-state index in [1.807, 2.05) is 0 Å². The van der Waals surface area contributed by atoms with Gasteiger partial charge in [0.05, 0.1) is 44.5 Å². The molecule has 100 heavy (non-hydrogen) atoms. The van der Waals surface area contributed by atoms with E-state index in [1.54, 1.807) is 0 Å². The molecule has 10 rings (SSSR count). The molecule has 0 unspecified atom stereocenters. The van der Waals surface area contributed by atoms with E-state index in [1.165, 1.54) is 0 Å². The van der Waals surface area contributed by atoms with Crippen molar-refractivity contribution >= 4 is 74.1 Å². The molecular formula is C72H46F24P4. The molecule has 0 atom stereocenters. The molecule has 28 heteroatoms. The van der Waals surface area contributed by atoms with Gasteiger partial charge in [0.25, 0.3) is 0 Å². The minimum absolute atomic E-state index is 0.458. The van der Waals surface area contributed by atoms with E-state index in [4.69, 9.17) is 0 Å². The molecule has 0 amide bonds. The van der Waals surface area contributed by atoms with Crippen molar-refractivity contribution in [2.45, 2.75) is 74.1 Å². The summed E-state index contributed by atoms with van der Waals surface area (Å²) in [6.45, 7) is 0. The summed E-state index contributed by atoms with van der Waals surface area (Å²) >= 11 is 0. The fraction of sp³-hybridized carbons (Fsp3) is 0.167. The monoisotopic (exact) mass is 1490 g/mol. The van der Waals surface area contributed by atoms with Gasteiger partial charge in [0.1, 0.15) is 0 Å². The zero-order chi connectivity index (χ0) is 72.7. The zero-order valence-corrected chi connectivity index (χ0v) is 54.2. The van der Waals surface area contributed by atoms with E-state index in [9.17, 15) is 0 Å². The van der Waals surface area contributed by atoms with Gasteiger partial charge >= 0.3 is 49.4 Å². The van der Waals surface area contributed by atoms with Gasteiger partial charge in [-0.2, -0.15) is 105 Å². The van der Waals surface area contributed by atoms with Gasteiger partial charge in [0, 0.05) is 24.6 Å². The molecule has 0 heterocycles. The standard InChI is InChI=1S/C72H46F24P4/c73-65(74,75)47-23-1-9-31-55(47)97(56-32-10-2-24-48(56)66(76,77)78)39-43-19-17-20-44(40-98(57-33-11-3-25-49(57)67(79,80)81)58-34-12-4-26-50(58)68(82,83)84)63(43)64-45(41-99(59-35-13-5-27-51(59)69(85,86)87)60-36-14-6-28-52(60)70(88,89)90)21-18-22-46(64)42-100(61-37-15-7-29-53(61)71(91,92)93)62-38-16-8-30-54(62)72(94,95)96/h1-38H,39-42H2. The maximum atomic E-state index is 15.6. The van der Waals surface area contributed by atoms with Crippen molar-refractivity contribution in [2.75, 3.05) is 0 Å². The van der Waals surface area contributed by atoms with E-state index in [0.717, 1.165) is 182 Å². The van der Waals surface area contributed by atoms with Crippen LogP contribution in [-0.2, 0) is 74.1 Å². The largest absolute Gasteiger partial charge is 0.417 e. The summed E-state index contributed by atoms with van der Waals surface area (Å²) in [5, 5.41) is -6.56. The number of rotatable bonds is 17. The van der Waals surface area contributed by atoms with E-state index in [-0.39, 0.29) is 0 Å². The van der Waals surface area contributed by atoms with Crippen LogP contribution in [0.25, 0.3) is 11.1 Å². The first-order chi connectivity index (χ1) is 46.7. The van der Waals surface area contributed by atoms with Crippen LogP contribution < -0.4 is 42.4 Å². The van der Waals surface area contributed by atoms with Crippen LogP contribution in [0.15, 0.2) is 231 Å². The number of hydrogen-bond donors (Lipinski definition) is 0. The molecule has 0 aromatic heterocycles. The fourth-order valence-corrected chi connectivity index (χ4v) is 22.8. The number of alkyl halides is 24. The van der Waals surface area contributed by atoms with Gasteiger partial charge in [-0.3, -0.25) is 0 Å². The quantitative estimate of drug-likeness (QED) is 0.0630. The maximum absolute atomic E-state index is 15.6. The lowest BCUT2D eigenvalue weighted by Crippen LogP contribution is -2.28. The van der Waals surface area contributed by atoms with Crippen molar-refractivity contribution in [1.29, 1.82) is 0 Å². The van der Waals surface area contributed by atoms with E-state index in [0.29, 0.717) is 48.5 Å². The smallest absolute Gasteiger partial charge is 0.166 e. The zero-order valence-electron chi connectivity index (χ0n) is 50.6. The lowest BCUT2D eigenvalue weighted by atomic mass is 9.89. The number of hydrogen-bond acceptors (Lipinski definition) is 0. The molecule has 0 aliphatic carbocycles. The molecule has 0 bridgehead atoms. The van der Waals surface area contributed by atoms with Crippen LogP contribution in [-0.4, -0.2) is 0 Å². The van der Waals surface area contributed by atoms with Crippen LogP contribution in [0.2, 0.25) is 0 Å². The third-order valence-electron chi connectivity index (χ3n) is 16.0. The van der Waals surface area contributed by atoms with Crippen LogP contribution in [0, 0.1) is 0 Å². The molecular weight excluding hydrogens is 1440 g/mol. The molecule has 0 saturated heterocycles. The minimum Gasteiger partial charge on any atom is -0.166 e. The van der Waals surface area contributed by atoms with E-state index >= 15 is 105 Å². The highest BCUT2D eigenvalue weighted by molar-refractivity contribution is 7.73. The van der Waals surface area contributed by atoms with Gasteiger partial charge in [0.15, 0.2) is 0 Å². The predicted octanol–water partition coefficient (Wildman–Crippen LogP) is 22.0. The molecule has 0 saturated carbocycles. The maximum Gasteiger partial charge on any atom is 0.417 e. The van der Waals surface area contributed by atoms with Gasteiger partial charge < -0.3 is 0 Å². The Morgan fingerprint density at radius 3 is 0.400 bits per heavy atom. The summed E-state index contributed by atoms with van der Waals surface area (Å²) in [6, 6.07) is 33.2. The van der Waals surface area contributed by atoms with Gasteiger partial charge in [-0.25, -0.2) is 0 Å². The molecule has 10 aromatic rings. The summed E-state index contributed by atoms with van der Waals surface area (Å²) in [5.74, 6) is 0. The van der Waals surface area contributed by atoms with Crippen molar-refractivity contribution in [3.63, 3.8) is 0 Å². The molecule has 0 nitrogen and oxygen atoms in total. The summed E-state index contributed by atoms with van der Waals surface area (Å²) in [4.78, 5) is 0. The molecule has 522 valence electrons. The second-order valence-corrected chi connectivity index (χ2v) is 30.9. The second kappa shape index (κ2) is 28.9. The van der Waals surface area contributed by atoms with Crippen molar-refractivity contribution in [3.05, 3.63) is 297 Å². The minimum atomic E-state index is -5.38. The van der Waals surface area contributed by atoms with Gasteiger partial charge in [0.2, 0.25) is 0 Å². The average Bonchev–Trinajstić information content (AvgIpc) is 0.749. The van der Waals surface area contributed by atoms with Crippen LogP contribution in [0.5, 0.6) is 0 Å². The first kappa shape index (κ1) is 74.9. The van der Waals surface area contributed by atoms with Crippen molar-refractivity contribution < 1.29 is 105 Å². The Morgan fingerprint density at radius 1 is 0.160 bits per heavy atom. The van der Waals surface area contributed by atoms with Crippen molar-refractivity contribution in [2.24, 2.45) is 0 Å². The Balaban J connectivity index is 1.42. The van der Waals surface area contributed by atoms with Crippen LogP contribution in [0.1, 0.15) is 66.8 Å². The highest BCUT2D eigenvalue weighted by Crippen LogP contribution is 2.56. The molecule has 0 aliphatic heterocycles. The Bertz CT molecular complexity index is 3760. The second-order valence-electron chi connectivity index (χ2n) is 22.4. The lowest BCUT2D eigenvalue weighted by Gasteiger charge is -2.32. The molecule has 0 radical (unpaired) electrons. The molecule has 0 aliphatic rings. The van der Waals surface area contributed by atoms with Crippen LogP contribution >= 0.6 is 31.7 Å². The number of benzene rings is 10. The summed E-state index contributed by atoms with van der Waals surface area (Å²) in [7, 11) is -13.0. The average molecular weight is 1490 g/mol. The van der Waals surface area contributed by atoms with Crippen molar-refractivity contribution in [3.8, 4) is 11.1 Å². The summed E-state index contributed by atoms with van der Waals surface area (Å²) in [6.07, 6.45) is -47.3.